The molecule has 0 N–H and O–H groups in total. The molecule has 0 amide bonds. The van der Waals surface area contributed by atoms with Crippen molar-refractivity contribution >= 4 is 37.7 Å². The first kappa shape index (κ1) is 22.6. The molecular formula is C21H22BrNO6S. The van der Waals surface area contributed by atoms with Crippen LogP contribution in [0.15, 0.2) is 45.8 Å². The van der Waals surface area contributed by atoms with Gasteiger partial charge < -0.3 is 9.47 Å². The molecule has 7 nitrogen and oxygen atoms in total. The molecule has 1 heterocycles. The number of ketones is 1. The number of halogens is 1. The van der Waals surface area contributed by atoms with E-state index >= 15 is 0 Å². The summed E-state index contributed by atoms with van der Waals surface area (Å²) in [6.45, 7) is 4.39. The third-order valence-electron chi connectivity index (χ3n) is 4.78. The number of sulfonamides is 1. The number of benzene rings is 2. The molecule has 1 aliphatic heterocycles. The van der Waals surface area contributed by atoms with Crippen LogP contribution in [0.4, 0.5) is 0 Å². The Kier molecular flexibility index (Phi) is 7.07. The van der Waals surface area contributed by atoms with Crippen molar-refractivity contribution in [2.75, 3.05) is 32.9 Å². The molecule has 2 aromatic rings. The Bertz CT molecular complexity index is 1080. The summed E-state index contributed by atoms with van der Waals surface area (Å²) in [4.78, 5) is 24.9. The predicted octanol–water partition coefficient (Wildman–Crippen LogP) is 3.13. The first-order valence-electron chi connectivity index (χ1n) is 9.35. The first-order chi connectivity index (χ1) is 14.2. The molecule has 2 aromatic carbocycles. The molecule has 0 spiro atoms. The predicted molar refractivity (Wildman–Crippen MR) is 114 cm³/mol. The number of rotatable bonds is 6. The lowest BCUT2D eigenvalue weighted by Gasteiger charge is -2.26. The SMILES string of the molecule is Cc1ccc(C)c(C(=O)COC(=O)c2ccc(Br)c(S(=O)(=O)N3CCOCC3)c2)c1. The van der Waals surface area contributed by atoms with Crippen molar-refractivity contribution < 1.29 is 27.5 Å². The zero-order valence-electron chi connectivity index (χ0n) is 16.7. The molecule has 9 heteroatoms. The van der Waals surface area contributed by atoms with E-state index in [0.717, 1.165) is 11.1 Å². The molecule has 0 saturated carbocycles. The van der Waals surface area contributed by atoms with Gasteiger partial charge in [0.2, 0.25) is 15.8 Å². The molecule has 1 aliphatic rings. The second kappa shape index (κ2) is 9.38. The Morgan fingerprint density at radius 1 is 1.10 bits per heavy atom. The van der Waals surface area contributed by atoms with Crippen LogP contribution in [-0.2, 0) is 19.5 Å². The fraction of sp³-hybridized carbons (Fsp3) is 0.333. The van der Waals surface area contributed by atoms with E-state index in [0.29, 0.717) is 23.2 Å². The van der Waals surface area contributed by atoms with Gasteiger partial charge in [0.15, 0.2) is 6.61 Å². The third-order valence-corrected chi connectivity index (χ3v) is 7.68. The molecule has 0 radical (unpaired) electrons. The van der Waals surface area contributed by atoms with Crippen LogP contribution < -0.4 is 0 Å². The highest BCUT2D eigenvalue weighted by Gasteiger charge is 2.29. The Hall–Kier alpha value is -2.07. The molecule has 0 unspecified atom stereocenters. The lowest BCUT2D eigenvalue weighted by molar-refractivity contribution is 0.0474. The van der Waals surface area contributed by atoms with Crippen LogP contribution in [0, 0.1) is 13.8 Å². The number of carbonyl (C=O) groups excluding carboxylic acids is 2. The van der Waals surface area contributed by atoms with E-state index in [-0.39, 0.29) is 29.3 Å². The zero-order chi connectivity index (χ0) is 21.9. The van der Waals surface area contributed by atoms with E-state index in [2.05, 4.69) is 15.9 Å². The number of morpholine rings is 1. The van der Waals surface area contributed by atoms with Crippen LogP contribution in [0.3, 0.4) is 0 Å². The summed E-state index contributed by atoms with van der Waals surface area (Å²) < 4.78 is 37.9. The van der Waals surface area contributed by atoms with Crippen LogP contribution in [0.5, 0.6) is 0 Å². The number of esters is 1. The molecule has 0 aliphatic carbocycles. The van der Waals surface area contributed by atoms with E-state index in [1.54, 1.807) is 6.07 Å². The summed E-state index contributed by atoms with van der Waals surface area (Å²) in [6.07, 6.45) is 0. The largest absolute Gasteiger partial charge is 0.454 e. The molecule has 0 bridgehead atoms. The van der Waals surface area contributed by atoms with Gasteiger partial charge in [-0.2, -0.15) is 4.31 Å². The highest BCUT2D eigenvalue weighted by atomic mass is 79.9. The fourth-order valence-corrected chi connectivity index (χ4v) is 5.44. The molecule has 0 aromatic heterocycles. The Morgan fingerprint density at radius 2 is 1.80 bits per heavy atom. The summed E-state index contributed by atoms with van der Waals surface area (Å²) >= 11 is 3.25. The van der Waals surface area contributed by atoms with Crippen molar-refractivity contribution in [2.45, 2.75) is 18.7 Å². The first-order valence-corrected chi connectivity index (χ1v) is 11.6. The molecular weight excluding hydrogens is 474 g/mol. The van der Waals surface area contributed by atoms with Crippen molar-refractivity contribution in [3.63, 3.8) is 0 Å². The van der Waals surface area contributed by atoms with Crippen molar-refractivity contribution in [3.05, 3.63) is 63.1 Å². The number of hydrogen-bond acceptors (Lipinski definition) is 6. The van der Waals surface area contributed by atoms with Gasteiger partial charge in [0.1, 0.15) is 0 Å². The summed E-state index contributed by atoms with van der Waals surface area (Å²) in [7, 11) is -3.80. The fourth-order valence-electron chi connectivity index (χ4n) is 3.08. The summed E-state index contributed by atoms with van der Waals surface area (Å²) in [5.74, 6) is -1.08. The van der Waals surface area contributed by atoms with E-state index in [1.807, 2.05) is 26.0 Å². The van der Waals surface area contributed by atoms with Gasteiger partial charge in [-0.15, -0.1) is 0 Å². The molecule has 0 atom stereocenters. The van der Waals surface area contributed by atoms with Crippen molar-refractivity contribution in [2.24, 2.45) is 0 Å². The smallest absolute Gasteiger partial charge is 0.338 e. The minimum absolute atomic E-state index is 0.0281. The van der Waals surface area contributed by atoms with Gasteiger partial charge >= 0.3 is 5.97 Å². The van der Waals surface area contributed by atoms with Crippen LogP contribution in [0.1, 0.15) is 31.8 Å². The number of aryl methyl sites for hydroxylation is 2. The average molecular weight is 496 g/mol. The third kappa shape index (κ3) is 4.97. The average Bonchev–Trinajstić information content (AvgIpc) is 2.74. The van der Waals surface area contributed by atoms with Gasteiger partial charge in [0.25, 0.3) is 0 Å². The van der Waals surface area contributed by atoms with Gasteiger partial charge in [-0.25, -0.2) is 13.2 Å². The Labute approximate surface area is 184 Å². The monoisotopic (exact) mass is 495 g/mol. The summed E-state index contributed by atoms with van der Waals surface area (Å²) in [5.41, 5.74) is 2.28. The maximum atomic E-state index is 12.9. The Morgan fingerprint density at radius 3 is 2.50 bits per heavy atom. The molecule has 30 heavy (non-hydrogen) atoms. The minimum atomic E-state index is -3.80. The topological polar surface area (TPSA) is 90.0 Å². The van der Waals surface area contributed by atoms with Crippen LogP contribution in [0.25, 0.3) is 0 Å². The molecule has 3 rings (SSSR count). The standard InChI is InChI=1S/C21H22BrNO6S/c1-14-3-4-15(2)17(11-14)19(24)13-29-21(25)16-5-6-18(22)20(12-16)30(26,27)23-7-9-28-10-8-23/h3-6,11-12H,7-10,13H2,1-2H3. The van der Waals surface area contributed by atoms with E-state index in [4.69, 9.17) is 9.47 Å². The molecule has 160 valence electrons. The maximum Gasteiger partial charge on any atom is 0.338 e. The van der Waals surface area contributed by atoms with Gasteiger partial charge in [-0.3, -0.25) is 4.79 Å². The van der Waals surface area contributed by atoms with Gasteiger partial charge in [-0.05, 0) is 59.6 Å². The highest BCUT2D eigenvalue weighted by molar-refractivity contribution is 9.10. The van der Waals surface area contributed by atoms with Gasteiger partial charge in [0.05, 0.1) is 23.7 Å². The second-order valence-electron chi connectivity index (χ2n) is 6.98. The van der Waals surface area contributed by atoms with E-state index < -0.39 is 22.6 Å². The molecule has 1 saturated heterocycles. The summed E-state index contributed by atoms with van der Waals surface area (Å²) in [6, 6.07) is 9.68. The minimum Gasteiger partial charge on any atom is -0.454 e. The van der Waals surface area contributed by atoms with Crippen molar-refractivity contribution in [1.82, 2.24) is 4.31 Å². The van der Waals surface area contributed by atoms with E-state index in [9.17, 15) is 18.0 Å². The summed E-state index contributed by atoms with van der Waals surface area (Å²) in [5, 5.41) is 0. The number of carbonyl (C=O) groups is 2. The lowest BCUT2D eigenvalue weighted by Crippen LogP contribution is -2.40. The van der Waals surface area contributed by atoms with Gasteiger partial charge in [-0.1, -0.05) is 17.7 Å². The number of Topliss-reactive ketones (excluding diaryl/α,β-unsaturated/α-hetero) is 1. The second-order valence-corrected chi connectivity index (χ2v) is 9.74. The maximum absolute atomic E-state index is 12.9. The normalized spacial score (nSPS) is 15.0. The quantitative estimate of drug-likeness (QED) is 0.451. The zero-order valence-corrected chi connectivity index (χ0v) is 19.1. The van der Waals surface area contributed by atoms with Crippen molar-refractivity contribution in [3.8, 4) is 0 Å². The highest BCUT2D eigenvalue weighted by Crippen LogP contribution is 2.27. The van der Waals surface area contributed by atoms with Crippen LogP contribution >= 0.6 is 15.9 Å². The van der Waals surface area contributed by atoms with Crippen molar-refractivity contribution in [1.29, 1.82) is 0 Å². The van der Waals surface area contributed by atoms with Gasteiger partial charge in [0, 0.05) is 23.1 Å². The van der Waals surface area contributed by atoms with E-state index in [1.165, 1.54) is 22.5 Å². The lowest BCUT2D eigenvalue weighted by atomic mass is 10.0. The number of nitrogens with zero attached hydrogens (tertiary/aromatic N) is 1. The van der Waals surface area contributed by atoms with Crippen LogP contribution in [-0.4, -0.2) is 57.4 Å². The number of hydrogen-bond donors (Lipinski definition) is 0. The molecule has 1 fully saturated rings. The Balaban J connectivity index is 1.76. The number of ether oxygens (including phenoxy) is 2. The van der Waals surface area contributed by atoms with Crippen LogP contribution in [0.2, 0.25) is 0 Å².